The first-order chi connectivity index (χ1) is 8.60. The number of aromatic nitrogens is 1. The quantitative estimate of drug-likeness (QED) is 0.901. The van der Waals surface area contributed by atoms with Gasteiger partial charge in [0.15, 0.2) is 0 Å². The number of ether oxygens (including phenoxy) is 1. The van der Waals surface area contributed by atoms with Gasteiger partial charge in [0.05, 0.1) is 7.11 Å². The van der Waals surface area contributed by atoms with Gasteiger partial charge < -0.3 is 9.84 Å². The van der Waals surface area contributed by atoms with Crippen LogP contribution in [0.25, 0.3) is 0 Å². The lowest BCUT2D eigenvalue weighted by Crippen LogP contribution is -2.02. The van der Waals surface area contributed by atoms with Crippen molar-refractivity contribution in [3.05, 3.63) is 58.9 Å². The smallest absolute Gasteiger partial charge is 0.119 e. The van der Waals surface area contributed by atoms with Gasteiger partial charge in [-0.15, -0.1) is 0 Å². The van der Waals surface area contributed by atoms with E-state index in [9.17, 15) is 5.11 Å². The summed E-state index contributed by atoms with van der Waals surface area (Å²) in [4.78, 5) is 4.31. The van der Waals surface area contributed by atoms with Crippen molar-refractivity contribution >= 4 is 0 Å². The Balaban J connectivity index is 2.37. The van der Waals surface area contributed by atoms with Crippen molar-refractivity contribution in [1.82, 2.24) is 4.98 Å². The van der Waals surface area contributed by atoms with Crippen LogP contribution in [0.15, 0.2) is 36.4 Å². The van der Waals surface area contributed by atoms with E-state index in [2.05, 4.69) is 4.98 Å². The first-order valence-corrected chi connectivity index (χ1v) is 5.87. The molecular formula is C15H17NO2. The standard InChI is InChI=1S/C15H17NO2/c1-10-7-13(8-11(2)16-10)15(17)12-5-4-6-14(9-12)18-3/h4-9,15,17H,1-3H3. The van der Waals surface area contributed by atoms with E-state index in [0.29, 0.717) is 0 Å². The van der Waals surface area contributed by atoms with Crippen LogP contribution in [0.5, 0.6) is 5.75 Å². The summed E-state index contributed by atoms with van der Waals surface area (Å²) >= 11 is 0. The highest BCUT2D eigenvalue weighted by Gasteiger charge is 2.12. The Morgan fingerprint density at radius 2 is 1.72 bits per heavy atom. The second-order valence-corrected chi connectivity index (χ2v) is 4.36. The Morgan fingerprint density at radius 3 is 2.33 bits per heavy atom. The average molecular weight is 243 g/mol. The molecule has 0 fully saturated rings. The summed E-state index contributed by atoms with van der Waals surface area (Å²) in [5, 5.41) is 10.4. The first-order valence-electron chi connectivity index (χ1n) is 5.87. The molecule has 0 aliphatic heterocycles. The van der Waals surface area contributed by atoms with Crippen molar-refractivity contribution in [3.63, 3.8) is 0 Å². The number of hydrogen-bond acceptors (Lipinski definition) is 3. The third-order valence-electron chi connectivity index (χ3n) is 2.83. The number of methoxy groups -OCH3 is 1. The maximum Gasteiger partial charge on any atom is 0.119 e. The lowest BCUT2D eigenvalue weighted by atomic mass is 10.0. The van der Waals surface area contributed by atoms with Gasteiger partial charge in [0.25, 0.3) is 0 Å². The number of aliphatic hydroxyl groups is 1. The first kappa shape index (κ1) is 12.6. The Bertz CT molecular complexity index is 532. The van der Waals surface area contributed by atoms with Crippen molar-refractivity contribution in [2.45, 2.75) is 20.0 Å². The molecule has 3 nitrogen and oxygen atoms in total. The van der Waals surface area contributed by atoms with Gasteiger partial charge in [0, 0.05) is 11.4 Å². The van der Waals surface area contributed by atoms with Gasteiger partial charge in [0.1, 0.15) is 11.9 Å². The van der Waals surface area contributed by atoms with Gasteiger partial charge in [0.2, 0.25) is 0 Å². The molecule has 1 heterocycles. The van der Waals surface area contributed by atoms with E-state index >= 15 is 0 Å². The van der Waals surface area contributed by atoms with Crippen molar-refractivity contribution in [2.24, 2.45) is 0 Å². The predicted octanol–water partition coefficient (Wildman–Crippen LogP) is 2.79. The van der Waals surface area contributed by atoms with Crippen LogP contribution >= 0.6 is 0 Å². The molecule has 18 heavy (non-hydrogen) atoms. The van der Waals surface area contributed by atoms with Crippen LogP contribution in [-0.2, 0) is 0 Å². The summed E-state index contributed by atoms with van der Waals surface area (Å²) in [5.41, 5.74) is 3.49. The topological polar surface area (TPSA) is 42.4 Å². The van der Waals surface area contributed by atoms with Crippen LogP contribution < -0.4 is 4.74 Å². The summed E-state index contributed by atoms with van der Waals surface area (Å²) in [6.45, 7) is 3.85. The Kier molecular flexibility index (Phi) is 3.63. The summed E-state index contributed by atoms with van der Waals surface area (Å²) < 4.78 is 5.16. The summed E-state index contributed by atoms with van der Waals surface area (Å²) in [7, 11) is 1.62. The van der Waals surface area contributed by atoms with Crippen molar-refractivity contribution in [2.75, 3.05) is 7.11 Å². The van der Waals surface area contributed by atoms with E-state index in [4.69, 9.17) is 4.74 Å². The number of pyridine rings is 1. The van der Waals surface area contributed by atoms with E-state index in [1.54, 1.807) is 7.11 Å². The molecule has 3 heteroatoms. The van der Waals surface area contributed by atoms with Crippen LogP contribution in [0.4, 0.5) is 0 Å². The molecular weight excluding hydrogens is 226 g/mol. The highest BCUT2D eigenvalue weighted by molar-refractivity contribution is 5.36. The lowest BCUT2D eigenvalue weighted by Gasteiger charge is -2.13. The minimum Gasteiger partial charge on any atom is -0.497 e. The van der Waals surface area contributed by atoms with Gasteiger partial charge in [-0.2, -0.15) is 0 Å². The van der Waals surface area contributed by atoms with Gasteiger partial charge in [-0.1, -0.05) is 12.1 Å². The SMILES string of the molecule is COc1cccc(C(O)c2cc(C)nc(C)c2)c1. The zero-order valence-corrected chi connectivity index (χ0v) is 10.8. The molecule has 1 N–H and O–H groups in total. The molecule has 1 aromatic carbocycles. The van der Waals surface area contributed by atoms with Crippen LogP contribution in [0.1, 0.15) is 28.6 Å². The van der Waals surface area contributed by atoms with Gasteiger partial charge >= 0.3 is 0 Å². The summed E-state index contributed by atoms with van der Waals surface area (Å²) in [6.07, 6.45) is -0.652. The molecule has 0 aliphatic rings. The second-order valence-electron chi connectivity index (χ2n) is 4.36. The number of aliphatic hydroxyl groups excluding tert-OH is 1. The summed E-state index contributed by atoms with van der Waals surface area (Å²) in [5.74, 6) is 0.744. The van der Waals surface area contributed by atoms with Crippen molar-refractivity contribution < 1.29 is 9.84 Å². The number of rotatable bonds is 3. The van der Waals surface area contributed by atoms with Gasteiger partial charge in [-0.3, -0.25) is 4.98 Å². The van der Waals surface area contributed by atoms with Crippen LogP contribution in [0, 0.1) is 13.8 Å². The molecule has 2 aromatic rings. The van der Waals surface area contributed by atoms with Crippen molar-refractivity contribution in [1.29, 1.82) is 0 Å². The molecule has 0 saturated carbocycles. The number of benzene rings is 1. The molecule has 0 aliphatic carbocycles. The second kappa shape index (κ2) is 5.19. The predicted molar refractivity (Wildman–Crippen MR) is 70.8 cm³/mol. The summed E-state index contributed by atoms with van der Waals surface area (Å²) in [6, 6.07) is 11.3. The lowest BCUT2D eigenvalue weighted by molar-refractivity contribution is 0.219. The third-order valence-corrected chi connectivity index (χ3v) is 2.83. The molecule has 0 amide bonds. The molecule has 0 saturated heterocycles. The average Bonchev–Trinajstić information content (AvgIpc) is 2.37. The zero-order valence-electron chi connectivity index (χ0n) is 10.8. The minimum absolute atomic E-state index is 0.652. The Hall–Kier alpha value is -1.87. The largest absolute Gasteiger partial charge is 0.497 e. The molecule has 94 valence electrons. The fourth-order valence-corrected chi connectivity index (χ4v) is 2.03. The number of aryl methyl sites for hydroxylation is 2. The Labute approximate surface area is 107 Å². The molecule has 2 rings (SSSR count). The van der Waals surface area contributed by atoms with Gasteiger partial charge in [-0.05, 0) is 49.2 Å². The molecule has 1 aromatic heterocycles. The van der Waals surface area contributed by atoms with E-state index < -0.39 is 6.10 Å². The molecule has 0 bridgehead atoms. The van der Waals surface area contributed by atoms with E-state index in [-0.39, 0.29) is 0 Å². The highest BCUT2D eigenvalue weighted by atomic mass is 16.5. The monoisotopic (exact) mass is 243 g/mol. The number of nitrogens with zero attached hydrogens (tertiary/aromatic N) is 1. The highest BCUT2D eigenvalue weighted by Crippen LogP contribution is 2.25. The molecule has 1 atom stereocenters. The fraction of sp³-hybridized carbons (Fsp3) is 0.267. The Morgan fingerprint density at radius 1 is 1.06 bits per heavy atom. The van der Waals surface area contributed by atoms with E-state index in [1.165, 1.54) is 0 Å². The normalized spacial score (nSPS) is 12.2. The van der Waals surface area contributed by atoms with Gasteiger partial charge in [-0.25, -0.2) is 0 Å². The van der Waals surface area contributed by atoms with Crippen LogP contribution in [0.3, 0.4) is 0 Å². The maximum atomic E-state index is 10.4. The number of hydrogen-bond donors (Lipinski definition) is 1. The van der Waals surface area contributed by atoms with E-state index in [1.807, 2.05) is 50.2 Å². The molecule has 1 unspecified atom stereocenters. The van der Waals surface area contributed by atoms with Crippen LogP contribution in [-0.4, -0.2) is 17.2 Å². The molecule has 0 radical (unpaired) electrons. The molecule has 0 spiro atoms. The van der Waals surface area contributed by atoms with Crippen molar-refractivity contribution in [3.8, 4) is 5.75 Å². The minimum atomic E-state index is -0.652. The maximum absolute atomic E-state index is 10.4. The zero-order chi connectivity index (χ0) is 13.1. The third kappa shape index (κ3) is 2.68. The van der Waals surface area contributed by atoms with E-state index in [0.717, 1.165) is 28.3 Å². The fourth-order valence-electron chi connectivity index (χ4n) is 2.03. The van der Waals surface area contributed by atoms with Crippen LogP contribution in [0.2, 0.25) is 0 Å².